The smallest absolute Gasteiger partial charge is 0.140 e. The molecule has 0 spiro atoms. The standard InChI is InChI=1S/C5H10N4/c1-5(2)3-9-4-6-7-8-9/h4-5H,3H2,1-2H3/p+1. The average Bonchev–Trinajstić information content (AvgIpc) is 2.15. The summed E-state index contributed by atoms with van der Waals surface area (Å²) < 4.78 is 1.78. The van der Waals surface area contributed by atoms with Crippen molar-refractivity contribution in [1.29, 1.82) is 0 Å². The van der Waals surface area contributed by atoms with Crippen molar-refractivity contribution in [2.24, 2.45) is 5.92 Å². The zero-order valence-electron chi connectivity index (χ0n) is 5.70. The number of aromatic nitrogens is 4. The highest BCUT2D eigenvalue weighted by Crippen LogP contribution is 1.87. The van der Waals surface area contributed by atoms with E-state index < -0.39 is 0 Å². The third-order valence-electron chi connectivity index (χ3n) is 0.974. The lowest BCUT2D eigenvalue weighted by Gasteiger charge is -1.95. The second-order valence-corrected chi connectivity index (χ2v) is 2.46. The summed E-state index contributed by atoms with van der Waals surface area (Å²) in [7, 11) is 0. The lowest BCUT2D eigenvalue weighted by atomic mass is 10.2. The largest absolute Gasteiger partial charge is 0.286 e. The summed E-state index contributed by atoms with van der Waals surface area (Å²) in [6.07, 6.45) is 1.68. The Labute approximate surface area is 53.9 Å². The van der Waals surface area contributed by atoms with Crippen LogP contribution in [-0.2, 0) is 6.54 Å². The molecule has 0 saturated carbocycles. The van der Waals surface area contributed by atoms with E-state index in [4.69, 9.17) is 0 Å². The quantitative estimate of drug-likeness (QED) is 0.557. The summed E-state index contributed by atoms with van der Waals surface area (Å²) in [5.74, 6) is 0.625. The molecule has 0 aliphatic rings. The lowest BCUT2D eigenvalue weighted by molar-refractivity contribution is -0.759. The normalized spacial score (nSPS) is 10.6. The summed E-state index contributed by atoms with van der Waals surface area (Å²) in [5, 5.41) is 10.0. The zero-order valence-corrected chi connectivity index (χ0v) is 5.70. The highest BCUT2D eigenvalue weighted by molar-refractivity contribution is 4.29. The number of nitrogens with zero attached hydrogens (tertiary/aromatic N) is 3. The van der Waals surface area contributed by atoms with Crippen molar-refractivity contribution in [2.45, 2.75) is 20.4 Å². The molecule has 0 amide bonds. The van der Waals surface area contributed by atoms with Gasteiger partial charge in [0.25, 0.3) is 6.33 Å². The van der Waals surface area contributed by atoms with Gasteiger partial charge in [-0.15, -0.1) is 4.68 Å². The molecule has 50 valence electrons. The zero-order chi connectivity index (χ0) is 6.69. The number of nitrogens with one attached hydrogen (secondary N) is 1. The third kappa shape index (κ3) is 1.79. The van der Waals surface area contributed by atoms with Gasteiger partial charge in [0.15, 0.2) is 0 Å². The van der Waals surface area contributed by atoms with Crippen LogP contribution in [0.15, 0.2) is 6.33 Å². The van der Waals surface area contributed by atoms with Crippen LogP contribution in [0, 0.1) is 5.92 Å². The fourth-order valence-corrected chi connectivity index (χ4v) is 0.664. The van der Waals surface area contributed by atoms with Crippen LogP contribution in [0.4, 0.5) is 0 Å². The Morgan fingerprint density at radius 2 is 2.44 bits per heavy atom. The molecule has 0 aromatic carbocycles. The lowest BCUT2D eigenvalue weighted by Crippen LogP contribution is -2.37. The molecule has 0 unspecified atom stereocenters. The highest BCUT2D eigenvalue weighted by atomic mass is 15.5. The molecule has 0 atom stereocenters. The first-order valence-electron chi connectivity index (χ1n) is 3.04. The first kappa shape index (κ1) is 6.19. The van der Waals surface area contributed by atoms with Gasteiger partial charge in [0, 0.05) is 0 Å². The minimum absolute atomic E-state index is 0.625. The molecule has 0 radical (unpaired) electrons. The molecule has 0 aliphatic heterocycles. The van der Waals surface area contributed by atoms with Gasteiger partial charge < -0.3 is 0 Å². The molecule has 1 heterocycles. The molecule has 1 aromatic heterocycles. The first-order valence-corrected chi connectivity index (χ1v) is 3.04. The molecule has 0 aliphatic carbocycles. The fourth-order valence-electron chi connectivity index (χ4n) is 0.664. The van der Waals surface area contributed by atoms with Crippen LogP contribution in [-0.4, -0.2) is 15.5 Å². The van der Waals surface area contributed by atoms with Crippen molar-refractivity contribution < 1.29 is 4.68 Å². The minimum atomic E-state index is 0.625. The Morgan fingerprint density at radius 1 is 1.67 bits per heavy atom. The van der Waals surface area contributed by atoms with Crippen molar-refractivity contribution in [3.05, 3.63) is 6.33 Å². The number of hydrogen-bond acceptors (Lipinski definition) is 2. The molecule has 1 N–H and O–H groups in total. The van der Waals surface area contributed by atoms with Crippen LogP contribution < -0.4 is 4.68 Å². The van der Waals surface area contributed by atoms with Crippen molar-refractivity contribution in [1.82, 2.24) is 15.5 Å². The monoisotopic (exact) mass is 127 g/mol. The number of rotatable bonds is 2. The molecule has 0 fully saturated rings. The maximum atomic E-state index is 3.84. The van der Waals surface area contributed by atoms with Crippen molar-refractivity contribution in [2.75, 3.05) is 0 Å². The van der Waals surface area contributed by atoms with E-state index in [1.54, 1.807) is 11.0 Å². The summed E-state index contributed by atoms with van der Waals surface area (Å²) in [4.78, 5) is 0. The molecule has 0 saturated heterocycles. The van der Waals surface area contributed by atoms with Crippen molar-refractivity contribution >= 4 is 0 Å². The van der Waals surface area contributed by atoms with Gasteiger partial charge in [-0.3, -0.25) is 0 Å². The second-order valence-electron chi connectivity index (χ2n) is 2.46. The van der Waals surface area contributed by atoms with Crippen LogP contribution in [0.1, 0.15) is 13.8 Å². The van der Waals surface area contributed by atoms with E-state index >= 15 is 0 Å². The molecule has 0 bridgehead atoms. The number of H-pyrrole nitrogens is 1. The highest BCUT2D eigenvalue weighted by Gasteiger charge is 2.00. The molecule has 9 heavy (non-hydrogen) atoms. The van der Waals surface area contributed by atoms with E-state index in [-0.39, 0.29) is 0 Å². The molecule has 4 nitrogen and oxygen atoms in total. The van der Waals surface area contributed by atoms with Gasteiger partial charge >= 0.3 is 0 Å². The van der Waals surface area contributed by atoms with Gasteiger partial charge in [0.1, 0.15) is 0 Å². The number of hydrogen-bond donors (Lipinski definition) is 1. The Balaban J connectivity index is 2.48. The molecule has 4 heteroatoms. The SMILES string of the molecule is CC(C)C[n+]1cn[nH]n1. The molecular weight excluding hydrogens is 116 g/mol. The molecule has 1 rings (SSSR count). The van der Waals surface area contributed by atoms with E-state index in [9.17, 15) is 0 Å². The van der Waals surface area contributed by atoms with Gasteiger partial charge in [-0.25, -0.2) is 0 Å². The summed E-state index contributed by atoms with van der Waals surface area (Å²) in [5.41, 5.74) is 0. The summed E-state index contributed by atoms with van der Waals surface area (Å²) >= 11 is 0. The predicted molar refractivity (Wildman–Crippen MR) is 31.4 cm³/mol. The van der Waals surface area contributed by atoms with Gasteiger partial charge in [0.2, 0.25) is 0 Å². The predicted octanol–water partition coefficient (Wildman–Crippen LogP) is -0.252. The Morgan fingerprint density at radius 3 is 2.89 bits per heavy atom. The Hall–Kier alpha value is -0.930. The Bertz CT molecular complexity index is 155. The Kier molecular flexibility index (Phi) is 1.77. The summed E-state index contributed by atoms with van der Waals surface area (Å²) in [6.45, 7) is 5.21. The third-order valence-corrected chi connectivity index (χ3v) is 0.974. The molecule has 1 aromatic rings. The van der Waals surface area contributed by atoms with E-state index in [0.29, 0.717) is 5.92 Å². The van der Waals surface area contributed by atoms with E-state index in [2.05, 4.69) is 29.4 Å². The van der Waals surface area contributed by atoms with Gasteiger partial charge in [-0.05, 0) is 11.1 Å². The van der Waals surface area contributed by atoms with Gasteiger partial charge in [0.05, 0.1) is 16.9 Å². The molecular formula is C5H11N4+. The minimum Gasteiger partial charge on any atom is -0.140 e. The van der Waals surface area contributed by atoms with Gasteiger partial charge in [-0.1, -0.05) is 13.8 Å². The van der Waals surface area contributed by atoms with Crippen LogP contribution in [0.25, 0.3) is 0 Å². The van der Waals surface area contributed by atoms with E-state index in [0.717, 1.165) is 6.54 Å². The first-order chi connectivity index (χ1) is 4.29. The van der Waals surface area contributed by atoms with Crippen molar-refractivity contribution in [3.63, 3.8) is 0 Å². The average molecular weight is 127 g/mol. The van der Waals surface area contributed by atoms with Gasteiger partial charge in [-0.2, -0.15) is 0 Å². The number of aromatic amines is 1. The topological polar surface area (TPSA) is 45.5 Å². The van der Waals surface area contributed by atoms with Crippen molar-refractivity contribution in [3.8, 4) is 0 Å². The maximum absolute atomic E-state index is 3.84. The van der Waals surface area contributed by atoms with E-state index in [1.807, 2.05) is 0 Å². The van der Waals surface area contributed by atoms with Crippen LogP contribution >= 0.6 is 0 Å². The van der Waals surface area contributed by atoms with Crippen LogP contribution in [0.5, 0.6) is 0 Å². The fraction of sp³-hybridized carbons (Fsp3) is 0.800. The number of tetrazole rings is 1. The summed E-state index contributed by atoms with van der Waals surface area (Å²) in [6, 6.07) is 0. The van der Waals surface area contributed by atoms with Crippen LogP contribution in [0.3, 0.4) is 0 Å². The maximum Gasteiger partial charge on any atom is 0.286 e. The second kappa shape index (κ2) is 2.57. The van der Waals surface area contributed by atoms with E-state index in [1.165, 1.54) is 0 Å². The van der Waals surface area contributed by atoms with Crippen LogP contribution in [0.2, 0.25) is 0 Å².